The van der Waals surface area contributed by atoms with E-state index in [1.54, 1.807) is 0 Å². The molecule has 0 unspecified atom stereocenters. The molecule has 0 bridgehead atoms. The van der Waals surface area contributed by atoms with Crippen LogP contribution in [0.15, 0.2) is 72.6 Å². The molecule has 1 aliphatic heterocycles. The van der Waals surface area contributed by atoms with Crippen LogP contribution in [0.3, 0.4) is 0 Å². The van der Waals surface area contributed by atoms with E-state index < -0.39 is 11.2 Å². The van der Waals surface area contributed by atoms with Crippen molar-refractivity contribution in [2.75, 3.05) is 58.0 Å². The maximum atomic E-state index is 13.4. The zero-order valence-corrected chi connectivity index (χ0v) is 25.9. The second kappa shape index (κ2) is 16.3. The van der Waals surface area contributed by atoms with E-state index in [0.717, 1.165) is 12.0 Å². The minimum absolute atomic E-state index is 0.0296. The van der Waals surface area contributed by atoms with Crippen molar-refractivity contribution in [1.82, 2.24) is 10.3 Å². The standard InChI is InChI=1S/C34H40N4O8/c1-2-45-34-28(12-16-43-18-19-44-17-15-39)30(27-9-5-8-26-25-7-4-3-6-23(25)20-29(26)27)21-31(46-34)33(40)36-14-13-35-32-11-10-24(22-37-32)38(41)42/h3-11,21-22,28,30,34,39H,2,12-20H2,1H3,(H,35,37)(H,36,40)/t28-,30+,34+/m1/s1. The summed E-state index contributed by atoms with van der Waals surface area (Å²) in [6.07, 6.45) is 3.85. The molecule has 0 saturated carbocycles. The summed E-state index contributed by atoms with van der Waals surface area (Å²) in [4.78, 5) is 27.8. The third-order valence-corrected chi connectivity index (χ3v) is 8.06. The van der Waals surface area contributed by atoms with Gasteiger partial charge in [0.05, 0.1) is 31.4 Å². The molecular formula is C34H40N4O8. The van der Waals surface area contributed by atoms with Gasteiger partial charge in [-0.25, -0.2) is 4.98 Å². The Morgan fingerprint density at radius 1 is 1.04 bits per heavy atom. The number of benzene rings is 2. The number of aliphatic hydroxyl groups is 1. The van der Waals surface area contributed by atoms with Crippen molar-refractivity contribution in [3.05, 3.63) is 99.4 Å². The van der Waals surface area contributed by atoms with Crippen LogP contribution in [-0.2, 0) is 30.2 Å². The number of allylic oxidation sites excluding steroid dienone is 1. The molecule has 5 rings (SSSR count). The quantitative estimate of drug-likeness (QED) is 0.0877. The van der Waals surface area contributed by atoms with Crippen molar-refractivity contribution in [2.24, 2.45) is 5.92 Å². The van der Waals surface area contributed by atoms with Gasteiger partial charge in [0.15, 0.2) is 5.76 Å². The van der Waals surface area contributed by atoms with E-state index in [1.807, 2.05) is 13.0 Å². The Bertz CT molecular complexity index is 1510. The molecule has 0 radical (unpaired) electrons. The van der Waals surface area contributed by atoms with Crippen LogP contribution in [0.4, 0.5) is 11.5 Å². The molecule has 3 aromatic rings. The lowest BCUT2D eigenvalue weighted by Gasteiger charge is -2.37. The fourth-order valence-corrected chi connectivity index (χ4v) is 5.95. The topological polar surface area (TPSA) is 154 Å². The molecule has 0 saturated heterocycles. The van der Waals surface area contributed by atoms with E-state index in [9.17, 15) is 14.9 Å². The maximum absolute atomic E-state index is 13.4. The van der Waals surface area contributed by atoms with Gasteiger partial charge in [0, 0.05) is 44.2 Å². The van der Waals surface area contributed by atoms with Gasteiger partial charge in [0.2, 0.25) is 6.29 Å². The number of amides is 1. The predicted octanol–water partition coefficient (Wildman–Crippen LogP) is 4.18. The third kappa shape index (κ3) is 8.07. The highest BCUT2D eigenvalue weighted by Crippen LogP contribution is 2.45. The predicted molar refractivity (Wildman–Crippen MR) is 171 cm³/mol. The first-order chi connectivity index (χ1) is 22.5. The van der Waals surface area contributed by atoms with Crippen LogP contribution >= 0.6 is 0 Å². The summed E-state index contributed by atoms with van der Waals surface area (Å²) in [6, 6.07) is 17.7. The Balaban J connectivity index is 1.33. The minimum Gasteiger partial charge on any atom is -0.459 e. The molecule has 12 heteroatoms. The molecule has 244 valence electrons. The van der Waals surface area contributed by atoms with E-state index in [2.05, 4.69) is 58.1 Å². The van der Waals surface area contributed by atoms with E-state index >= 15 is 0 Å². The molecule has 0 fully saturated rings. The first-order valence-corrected chi connectivity index (χ1v) is 15.6. The number of carbonyl (C=O) groups is 1. The van der Waals surface area contributed by atoms with E-state index in [-0.39, 0.29) is 48.9 Å². The molecule has 1 amide bonds. The summed E-state index contributed by atoms with van der Waals surface area (Å²) in [5.41, 5.74) is 5.99. The van der Waals surface area contributed by atoms with Crippen LogP contribution in [0.1, 0.15) is 36.0 Å². The summed E-state index contributed by atoms with van der Waals surface area (Å²) in [5.74, 6) is -0.000283. The molecule has 2 aliphatic rings. The number of nitrogens with one attached hydrogen (secondary N) is 2. The SMILES string of the molecule is CCO[C@H]1OC(C(=O)NCCNc2ccc([N+](=O)[O-])cn2)=C[C@@H](c2cccc3c2Cc2ccccc2-3)[C@H]1CCOCCOCCO. The van der Waals surface area contributed by atoms with Crippen molar-refractivity contribution >= 4 is 17.4 Å². The summed E-state index contributed by atoms with van der Waals surface area (Å²) in [5, 5.41) is 25.7. The van der Waals surface area contributed by atoms with Crippen molar-refractivity contribution in [3.8, 4) is 11.1 Å². The molecule has 1 aliphatic carbocycles. The number of nitrogens with zero attached hydrogens (tertiary/aromatic N) is 2. The molecule has 46 heavy (non-hydrogen) atoms. The average Bonchev–Trinajstić information content (AvgIpc) is 3.46. The van der Waals surface area contributed by atoms with Gasteiger partial charge in [-0.2, -0.15) is 0 Å². The highest BCUT2D eigenvalue weighted by molar-refractivity contribution is 5.92. The van der Waals surface area contributed by atoms with Gasteiger partial charge in [0.1, 0.15) is 12.0 Å². The molecule has 1 aromatic heterocycles. The normalized spacial score (nSPS) is 18.2. The molecular weight excluding hydrogens is 592 g/mol. The van der Waals surface area contributed by atoms with Gasteiger partial charge in [0.25, 0.3) is 11.6 Å². The average molecular weight is 633 g/mol. The fourth-order valence-electron chi connectivity index (χ4n) is 5.95. The van der Waals surface area contributed by atoms with Gasteiger partial charge in [-0.3, -0.25) is 14.9 Å². The summed E-state index contributed by atoms with van der Waals surface area (Å²) in [6.45, 7) is 4.42. The summed E-state index contributed by atoms with van der Waals surface area (Å²) >= 11 is 0. The van der Waals surface area contributed by atoms with E-state index in [4.69, 9.17) is 24.1 Å². The van der Waals surface area contributed by atoms with Crippen molar-refractivity contribution in [3.63, 3.8) is 0 Å². The lowest BCUT2D eigenvalue weighted by Crippen LogP contribution is -2.40. The number of aliphatic hydroxyl groups excluding tert-OH is 1. The third-order valence-electron chi connectivity index (χ3n) is 8.06. The number of ether oxygens (including phenoxy) is 4. The molecule has 3 N–H and O–H groups in total. The number of nitro groups is 1. The molecule has 2 aromatic carbocycles. The zero-order chi connectivity index (χ0) is 32.3. The van der Waals surface area contributed by atoms with Crippen LogP contribution < -0.4 is 10.6 Å². The fraction of sp³-hybridized carbons (Fsp3) is 0.412. The van der Waals surface area contributed by atoms with Crippen LogP contribution in [0.25, 0.3) is 11.1 Å². The van der Waals surface area contributed by atoms with Crippen LogP contribution in [-0.4, -0.2) is 79.9 Å². The van der Waals surface area contributed by atoms with Gasteiger partial charge in [-0.1, -0.05) is 42.5 Å². The van der Waals surface area contributed by atoms with Crippen molar-refractivity contribution in [1.29, 1.82) is 0 Å². The second-order valence-corrected chi connectivity index (χ2v) is 10.9. The van der Waals surface area contributed by atoms with E-state index in [1.165, 1.54) is 40.6 Å². The Morgan fingerprint density at radius 2 is 1.85 bits per heavy atom. The number of fused-ring (bicyclic) bond motifs is 3. The number of rotatable bonds is 17. The van der Waals surface area contributed by atoms with Crippen LogP contribution in [0, 0.1) is 16.0 Å². The molecule has 3 atom stereocenters. The van der Waals surface area contributed by atoms with E-state index in [0.29, 0.717) is 45.2 Å². The van der Waals surface area contributed by atoms with Crippen LogP contribution in [0.2, 0.25) is 0 Å². The highest BCUT2D eigenvalue weighted by Gasteiger charge is 2.39. The van der Waals surface area contributed by atoms with Gasteiger partial charge < -0.3 is 34.7 Å². The highest BCUT2D eigenvalue weighted by atomic mass is 16.7. The zero-order valence-electron chi connectivity index (χ0n) is 25.9. The lowest BCUT2D eigenvalue weighted by atomic mass is 9.78. The van der Waals surface area contributed by atoms with Crippen LogP contribution in [0.5, 0.6) is 0 Å². The number of anilines is 1. The Morgan fingerprint density at radius 3 is 2.61 bits per heavy atom. The number of hydrogen-bond donors (Lipinski definition) is 3. The molecule has 0 spiro atoms. The smallest absolute Gasteiger partial charge is 0.287 e. The molecule has 2 heterocycles. The molecule has 12 nitrogen and oxygen atoms in total. The number of pyridine rings is 1. The second-order valence-electron chi connectivity index (χ2n) is 10.9. The van der Waals surface area contributed by atoms with Gasteiger partial charge in [-0.15, -0.1) is 0 Å². The Hall–Kier alpha value is -4.36. The number of aromatic nitrogens is 1. The van der Waals surface area contributed by atoms with Crippen molar-refractivity contribution in [2.45, 2.75) is 32.0 Å². The minimum atomic E-state index is -0.669. The number of hydrogen-bond acceptors (Lipinski definition) is 10. The monoisotopic (exact) mass is 632 g/mol. The maximum Gasteiger partial charge on any atom is 0.287 e. The number of carbonyl (C=O) groups excluding carboxylic acids is 1. The Labute approximate surface area is 267 Å². The summed E-state index contributed by atoms with van der Waals surface area (Å²) in [7, 11) is 0. The first kappa shape index (κ1) is 33.0. The Kier molecular flexibility index (Phi) is 11.7. The van der Waals surface area contributed by atoms with Crippen molar-refractivity contribution < 1.29 is 33.8 Å². The van der Waals surface area contributed by atoms with Gasteiger partial charge >= 0.3 is 0 Å². The lowest BCUT2D eigenvalue weighted by molar-refractivity contribution is -0.385. The first-order valence-electron chi connectivity index (χ1n) is 15.6. The van der Waals surface area contributed by atoms with Gasteiger partial charge in [-0.05, 0) is 59.7 Å². The largest absolute Gasteiger partial charge is 0.459 e. The summed E-state index contributed by atoms with van der Waals surface area (Å²) < 4.78 is 23.5.